The number of aliphatic hydroxyl groups excluding tert-OH is 1. The average molecular weight is 393 g/mol. The molecule has 4 aliphatic carbocycles. The van der Waals surface area contributed by atoms with Crippen LogP contribution < -0.4 is 0 Å². The first-order valence-electron chi connectivity index (χ1n) is 11.6. The molecule has 0 amide bonds. The minimum atomic E-state index is -0.511. The van der Waals surface area contributed by atoms with Gasteiger partial charge in [0.2, 0.25) is 0 Å². The van der Waals surface area contributed by atoms with Crippen molar-refractivity contribution in [2.24, 2.45) is 40.4 Å². The summed E-state index contributed by atoms with van der Waals surface area (Å²) in [7, 11) is 1.81. The Morgan fingerprint density at radius 2 is 1.82 bits per heavy atom. The van der Waals surface area contributed by atoms with Crippen molar-refractivity contribution in [2.45, 2.75) is 83.7 Å². The fourth-order valence-corrected chi connectivity index (χ4v) is 8.66. The number of Topliss-reactive ketones (excluding diaryl/α,β-unsaturated/α-hetero) is 1. The Morgan fingerprint density at radius 3 is 2.54 bits per heavy atom. The molecule has 0 aromatic heterocycles. The summed E-state index contributed by atoms with van der Waals surface area (Å²) in [5, 5.41) is 20.3. The number of hydrogen-bond acceptors (Lipinski definition) is 4. The SMILES string of the molecule is COCC[C@]12CC[C@@](C)(O)C[C@@H]1CC[C@H]1[C@@H]3CC[C@H](C(=O)CO)[C@@]3(C)CC[C@@H]12. The molecule has 0 unspecified atom stereocenters. The first-order chi connectivity index (χ1) is 13.3. The van der Waals surface area contributed by atoms with E-state index in [-0.39, 0.29) is 23.7 Å². The number of aliphatic hydroxyl groups is 2. The van der Waals surface area contributed by atoms with Crippen molar-refractivity contribution in [3.8, 4) is 0 Å². The van der Waals surface area contributed by atoms with Gasteiger partial charge in [0.1, 0.15) is 6.61 Å². The van der Waals surface area contributed by atoms with Gasteiger partial charge < -0.3 is 14.9 Å². The third kappa shape index (κ3) is 3.09. The van der Waals surface area contributed by atoms with E-state index in [0.717, 1.165) is 51.6 Å². The molecule has 8 atom stereocenters. The van der Waals surface area contributed by atoms with E-state index in [4.69, 9.17) is 4.74 Å². The van der Waals surface area contributed by atoms with Crippen LogP contribution in [0.15, 0.2) is 0 Å². The van der Waals surface area contributed by atoms with Crippen molar-refractivity contribution in [1.82, 2.24) is 0 Å². The molecule has 0 aromatic carbocycles. The quantitative estimate of drug-likeness (QED) is 0.743. The Hall–Kier alpha value is -0.450. The van der Waals surface area contributed by atoms with Gasteiger partial charge >= 0.3 is 0 Å². The van der Waals surface area contributed by atoms with Crippen molar-refractivity contribution in [3.05, 3.63) is 0 Å². The van der Waals surface area contributed by atoms with Gasteiger partial charge in [-0.25, -0.2) is 0 Å². The first kappa shape index (κ1) is 20.8. The van der Waals surface area contributed by atoms with Gasteiger partial charge in [0.05, 0.1) is 5.60 Å². The van der Waals surface area contributed by atoms with E-state index in [9.17, 15) is 15.0 Å². The molecule has 0 heterocycles. The molecule has 160 valence electrons. The summed E-state index contributed by atoms with van der Waals surface area (Å²) < 4.78 is 5.55. The van der Waals surface area contributed by atoms with Crippen LogP contribution in [0.5, 0.6) is 0 Å². The number of ketones is 1. The van der Waals surface area contributed by atoms with E-state index in [1.54, 1.807) is 0 Å². The summed E-state index contributed by atoms with van der Waals surface area (Å²) in [4.78, 5) is 12.4. The monoisotopic (exact) mass is 392 g/mol. The third-order valence-corrected chi connectivity index (χ3v) is 9.97. The largest absolute Gasteiger partial charge is 0.390 e. The average Bonchev–Trinajstić information content (AvgIpc) is 3.02. The highest BCUT2D eigenvalue weighted by molar-refractivity contribution is 5.83. The van der Waals surface area contributed by atoms with Gasteiger partial charge in [-0.1, -0.05) is 6.92 Å². The minimum Gasteiger partial charge on any atom is -0.390 e. The number of hydrogen-bond donors (Lipinski definition) is 2. The molecule has 0 aliphatic heterocycles. The molecule has 0 spiro atoms. The minimum absolute atomic E-state index is 0.0585. The molecule has 4 nitrogen and oxygen atoms in total. The maximum atomic E-state index is 12.4. The van der Waals surface area contributed by atoms with Crippen LogP contribution in [0.1, 0.15) is 78.1 Å². The molecule has 4 aliphatic rings. The highest BCUT2D eigenvalue weighted by Crippen LogP contribution is 2.69. The summed E-state index contributed by atoms with van der Waals surface area (Å²) in [6, 6.07) is 0. The number of rotatable bonds is 5. The van der Waals surface area contributed by atoms with E-state index < -0.39 is 5.60 Å². The fourth-order valence-electron chi connectivity index (χ4n) is 8.66. The van der Waals surface area contributed by atoms with Crippen molar-refractivity contribution in [3.63, 3.8) is 0 Å². The van der Waals surface area contributed by atoms with E-state index in [0.29, 0.717) is 29.1 Å². The van der Waals surface area contributed by atoms with Crippen molar-refractivity contribution >= 4 is 5.78 Å². The second kappa shape index (κ2) is 7.35. The molecule has 4 rings (SSSR count). The predicted molar refractivity (Wildman–Crippen MR) is 109 cm³/mol. The number of ether oxygens (including phenoxy) is 1. The predicted octanol–water partition coefficient (Wildman–Crippen LogP) is 3.97. The summed E-state index contributed by atoms with van der Waals surface area (Å²) in [5.41, 5.74) is -0.124. The lowest BCUT2D eigenvalue weighted by Gasteiger charge is -2.63. The second-order valence-electron chi connectivity index (χ2n) is 11.1. The van der Waals surface area contributed by atoms with Crippen LogP contribution in [-0.2, 0) is 9.53 Å². The summed E-state index contributed by atoms with van der Waals surface area (Å²) in [6.07, 6.45) is 11.0. The van der Waals surface area contributed by atoms with E-state index in [1.165, 1.54) is 19.3 Å². The standard InChI is InChI=1S/C24H40O4/c1-22(27)10-11-24(12-13-28-3)16(14-22)4-5-17-18-6-7-20(21(26)15-25)23(18,2)9-8-19(17)24/h16-20,25,27H,4-15H2,1-3H3/t16-,17-,18-,19-,20+,22+,23-,24+/m0/s1. The Bertz CT molecular complexity index is 601. The molecule has 0 bridgehead atoms. The van der Waals surface area contributed by atoms with E-state index in [1.807, 2.05) is 14.0 Å². The van der Waals surface area contributed by atoms with E-state index in [2.05, 4.69) is 6.92 Å². The van der Waals surface area contributed by atoms with Crippen LogP contribution in [0, 0.1) is 40.4 Å². The Morgan fingerprint density at radius 1 is 1.04 bits per heavy atom. The molecule has 4 saturated carbocycles. The lowest BCUT2D eigenvalue weighted by molar-refractivity contribution is -0.164. The van der Waals surface area contributed by atoms with Crippen LogP contribution in [0.3, 0.4) is 0 Å². The maximum Gasteiger partial charge on any atom is 0.161 e. The van der Waals surface area contributed by atoms with Gasteiger partial charge in [0, 0.05) is 19.6 Å². The maximum absolute atomic E-state index is 12.4. The van der Waals surface area contributed by atoms with Crippen LogP contribution in [0.25, 0.3) is 0 Å². The molecule has 2 N–H and O–H groups in total. The highest BCUT2D eigenvalue weighted by atomic mass is 16.5. The van der Waals surface area contributed by atoms with Gasteiger partial charge in [0.25, 0.3) is 0 Å². The van der Waals surface area contributed by atoms with E-state index >= 15 is 0 Å². The Kier molecular flexibility index (Phi) is 5.46. The molecule has 28 heavy (non-hydrogen) atoms. The third-order valence-electron chi connectivity index (χ3n) is 9.97. The number of carbonyl (C=O) groups is 1. The molecule has 0 saturated heterocycles. The van der Waals surface area contributed by atoms with Crippen LogP contribution in [0.4, 0.5) is 0 Å². The van der Waals surface area contributed by atoms with Gasteiger partial charge in [-0.15, -0.1) is 0 Å². The number of fused-ring (bicyclic) bond motifs is 5. The molecule has 4 fully saturated rings. The summed E-state index contributed by atoms with van der Waals surface area (Å²) in [5.74, 6) is 2.76. The Balaban J connectivity index is 1.63. The van der Waals surface area contributed by atoms with Gasteiger partial charge in [-0.3, -0.25) is 4.79 Å². The molecule has 4 heteroatoms. The van der Waals surface area contributed by atoms with Crippen LogP contribution in [-0.4, -0.2) is 41.9 Å². The van der Waals surface area contributed by atoms with Gasteiger partial charge in [-0.05, 0) is 106 Å². The second-order valence-corrected chi connectivity index (χ2v) is 11.1. The number of carbonyl (C=O) groups excluding carboxylic acids is 1. The van der Waals surface area contributed by atoms with Crippen molar-refractivity contribution < 1.29 is 19.7 Å². The van der Waals surface area contributed by atoms with Crippen molar-refractivity contribution in [2.75, 3.05) is 20.3 Å². The van der Waals surface area contributed by atoms with Gasteiger partial charge in [-0.2, -0.15) is 0 Å². The van der Waals surface area contributed by atoms with Crippen LogP contribution in [0.2, 0.25) is 0 Å². The normalized spacial score (nSPS) is 50.5. The molecular formula is C24H40O4. The zero-order chi connectivity index (χ0) is 20.2. The molecule has 0 aromatic rings. The highest BCUT2D eigenvalue weighted by Gasteiger charge is 2.62. The van der Waals surface area contributed by atoms with Crippen molar-refractivity contribution in [1.29, 1.82) is 0 Å². The summed E-state index contributed by atoms with van der Waals surface area (Å²) in [6.45, 7) is 4.89. The fraction of sp³-hybridized carbons (Fsp3) is 0.958. The molecule has 0 radical (unpaired) electrons. The lowest BCUT2D eigenvalue weighted by atomic mass is 9.42. The topological polar surface area (TPSA) is 66.8 Å². The summed E-state index contributed by atoms with van der Waals surface area (Å²) >= 11 is 0. The van der Waals surface area contributed by atoms with Crippen LogP contribution >= 0.6 is 0 Å². The Labute approximate surface area is 170 Å². The number of methoxy groups -OCH3 is 1. The first-order valence-corrected chi connectivity index (χ1v) is 11.6. The van der Waals surface area contributed by atoms with Gasteiger partial charge in [0.15, 0.2) is 5.78 Å². The smallest absolute Gasteiger partial charge is 0.161 e. The zero-order valence-electron chi connectivity index (χ0n) is 18.1. The lowest BCUT2D eigenvalue weighted by Crippen LogP contribution is -2.57. The molecular weight excluding hydrogens is 352 g/mol. The zero-order valence-corrected chi connectivity index (χ0v) is 18.1.